The number of likely N-dealkylation sites (tertiary alicyclic amines) is 1. The largest absolute Gasteiger partial charge is 0.478 e. The van der Waals surface area contributed by atoms with Crippen LogP contribution in [0.25, 0.3) is 0 Å². The average Bonchev–Trinajstić information content (AvgIpc) is 2.68. The summed E-state index contributed by atoms with van der Waals surface area (Å²) in [7, 11) is 0. The Kier molecular flexibility index (Phi) is 5.46. The minimum absolute atomic E-state index is 0.0906. The van der Waals surface area contributed by atoms with E-state index >= 15 is 0 Å². The van der Waals surface area contributed by atoms with E-state index in [4.69, 9.17) is 0 Å². The van der Waals surface area contributed by atoms with Crippen molar-refractivity contribution in [1.82, 2.24) is 14.9 Å². The van der Waals surface area contributed by atoms with Crippen LogP contribution in [0.5, 0.6) is 0 Å². The lowest BCUT2D eigenvalue weighted by Gasteiger charge is -2.33. The Balaban J connectivity index is 1.72. The fourth-order valence-electron chi connectivity index (χ4n) is 3.23. The van der Waals surface area contributed by atoms with E-state index in [0.29, 0.717) is 24.6 Å². The summed E-state index contributed by atoms with van der Waals surface area (Å²) in [5.74, 6) is -0.388. The summed E-state index contributed by atoms with van der Waals surface area (Å²) in [5.41, 5.74) is 1.70. The van der Waals surface area contributed by atoms with Gasteiger partial charge in [0, 0.05) is 37.9 Å². The first-order chi connectivity index (χ1) is 12.6. The summed E-state index contributed by atoms with van der Waals surface area (Å²) in [6, 6.07) is 6.97. The lowest BCUT2D eigenvalue weighted by molar-refractivity contribution is 0.0687. The zero-order valence-electron chi connectivity index (χ0n) is 14.7. The third-order valence-corrected chi connectivity index (χ3v) is 4.55. The van der Waals surface area contributed by atoms with Gasteiger partial charge in [-0.05, 0) is 37.5 Å². The van der Waals surface area contributed by atoms with Gasteiger partial charge in [-0.2, -0.15) is 0 Å². The Morgan fingerprint density at radius 2 is 2.04 bits per heavy atom. The fourth-order valence-corrected chi connectivity index (χ4v) is 3.23. The average molecular weight is 354 g/mol. The lowest BCUT2D eigenvalue weighted by Crippen LogP contribution is -2.39. The number of carboxylic acid groups (broad SMARTS) is 1. The molecule has 1 fully saturated rings. The number of anilines is 1. The van der Waals surface area contributed by atoms with Crippen molar-refractivity contribution in [2.24, 2.45) is 0 Å². The molecule has 7 heteroatoms. The first kappa shape index (κ1) is 17.8. The molecule has 2 heterocycles. The molecule has 0 spiro atoms. The van der Waals surface area contributed by atoms with Crippen LogP contribution in [-0.2, 0) is 0 Å². The second kappa shape index (κ2) is 7.95. The number of carbonyl (C=O) groups is 2. The van der Waals surface area contributed by atoms with Gasteiger partial charge in [-0.25, -0.2) is 14.8 Å². The number of benzene rings is 1. The molecule has 1 saturated heterocycles. The van der Waals surface area contributed by atoms with Crippen LogP contribution < -0.4 is 5.32 Å². The van der Waals surface area contributed by atoms with Gasteiger partial charge in [-0.15, -0.1) is 0 Å². The van der Waals surface area contributed by atoms with E-state index in [2.05, 4.69) is 15.3 Å². The van der Waals surface area contributed by atoms with Crippen molar-refractivity contribution in [3.8, 4) is 0 Å². The first-order valence-electron chi connectivity index (χ1n) is 8.77. The van der Waals surface area contributed by atoms with E-state index < -0.39 is 5.97 Å². The standard InChI is InChI=1S/C19H22N4O3/c1-2-20-19-21-10-16(11-22-19)17(24)23-8-4-7-15(12-23)13-5-3-6-14(9-13)18(25)26/h3,5-6,9-11,15H,2,4,7-8,12H2,1H3,(H,25,26)(H,20,21,22)/t15-/m0/s1. The third-order valence-electron chi connectivity index (χ3n) is 4.55. The maximum atomic E-state index is 12.8. The molecule has 7 nitrogen and oxygen atoms in total. The molecule has 3 rings (SSSR count). The van der Waals surface area contributed by atoms with E-state index in [1.165, 1.54) is 0 Å². The van der Waals surface area contributed by atoms with Crippen LogP contribution in [0, 0.1) is 0 Å². The minimum Gasteiger partial charge on any atom is -0.478 e. The molecular weight excluding hydrogens is 332 g/mol. The van der Waals surface area contributed by atoms with Crippen LogP contribution in [0.3, 0.4) is 0 Å². The molecule has 0 radical (unpaired) electrons. The zero-order chi connectivity index (χ0) is 18.5. The number of hydrogen-bond acceptors (Lipinski definition) is 5. The number of carboxylic acids is 1. The highest BCUT2D eigenvalue weighted by atomic mass is 16.4. The number of hydrogen-bond donors (Lipinski definition) is 2. The first-order valence-corrected chi connectivity index (χ1v) is 8.77. The zero-order valence-corrected chi connectivity index (χ0v) is 14.7. The summed E-state index contributed by atoms with van der Waals surface area (Å²) < 4.78 is 0. The van der Waals surface area contributed by atoms with Crippen LogP contribution in [0.4, 0.5) is 5.95 Å². The van der Waals surface area contributed by atoms with Crippen LogP contribution in [-0.4, -0.2) is 51.5 Å². The summed E-state index contributed by atoms with van der Waals surface area (Å²) in [4.78, 5) is 34.1. The second-order valence-electron chi connectivity index (χ2n) is 6.35. The Bertz CT molecular complexity index is 792. The molecule has 0 aliphatic carbocycles. The van der Waals surface area contributed by atoms with Crippen molar-refractivity contribution in [2.75, 3.05) is 25.0 Å². The summed E-state index contributed by atoms with van der Waals surface area (Å²) in [5, 5.41) is 12.2. The normalized spacial score (nSPS) is 17.0. The highest BCUT2D eigenvalue weighted by Gasteiger charge is 2.26. The molecule has 0 bridgehead atoms. The highest BCUT2D eigenvalue weighted by molar-refractivity contribution is 5.93. The SMILES string of the molecule is CCNc1ncc(C(=O)N2CCC[C@H](c3cccc(C(=O)O)c3)C2)cn1. The number of rotatable bonds is 5. The van der Waals surface area contributed by atoms with Gasteiger partial charge in [0.1, 0.15) is 0 Å². The Morgan fingerprint density at radius 1 is 1.27 bits per heavy atom. The molecule has 1 aromatic heterocycles. The number of nitrogens with zero attached hydrogens (tertiary/aromatic N) is 3. The number of carbonyl (C=O) groups excluding carboxylic acids is 1. The van der Waals surface area contributed by atoms with Crippen LogP contribution in [0.15, 0.2) is 36.7 Å². The second-order valence-corrected chi connectivity index (χ2v) is 6.35. The lowest BCUT2D eigenvalue weighted by atomic mass is 9.89. The van der Waals surface area contributed by atoms with Gasteiger partial charge >= 0.3 is 5.97 Å². The Morgan fingerprint density at radius 3 is 2.73 bits per heavy atom. The minimum atomic E-state index is -0.937. The molecular formula is C19H22N4O3. The molecule has 2 N–H and O–H groups in total. The van der Waals surface area contributed by atoms with Crippen LogP contribution in [0.2, 0.25) is 0 Å². The van der Waals surface area contributed by atoms with Crippen molar-refractivity contribution in [2.45, 2.75) is 25.7 Å². The fraction of sp³-hybridized carbons (Fsp3) is 0.368. The van der Waals surface area contributed by atoms with Gasteiger partial charge in [-0.3, -0.25) is 4.79 Å². The molecule has 136 valence electrons. The Hall–Kier alpha value is -2.96. The van der Waals surface area contributed by atoms with Gasteiger partial charge < -0.3 is 15.3 Å². The summed E-state index contributed by atoms with van der Waals surface area (Å²) in [6.45, 7) is 3.92. The molecule has 0 unspecified atom stereocenters. The smallest absolute Gasteiger partial charge is 0.335 e. The number of aromatic nitrogens is 2. The molecule has 26 heavy (non-hydrogen) atoms. The quantitative estimate of drug-likeness (QED) is 0.857. The van der Waals surface area contributed by atoms with Crippen LogP contribution >= 0.6 is 0 Å². The van der Waals surface area contributed by atoms with Crippen molar-refractivity contribution >= 4 is 17.8 Å². The van der Waals surface area contributed by atoms with E-state index in [9.17, 15) is 14.7 Å². The summed E-state index contributed by atoms with van der Waals surface area (Å²) >= 11 is 0. The molecule has 0 saturated carbocycles. The predicted octanol–water partition coefficient (Wildman–Crippen LogP) is 2.63. The van der Waals surface area contributed by atoms with Crippen molar-refractivity contribution in [3.63, 3.8) is 0 Å². The Labute approximate surface area is 152 Å². The molecule has 1 atom stereocenters. The molecule has 1 aromatic carbocycles. The van der Waals surface area contributed by atoms with E-state index in [1.807, 2.05) is 13.0 Å². The predicted molar refractivity (Wildman–Crippen MR) is 97.5 cm³/mol. The molecule has 1 aliphatic heterocycles. The van der Waals surface area contributed by atoms with Gasteiger partial charge in [0.2, 0.25) is 5.95 Å². The van der Waals surface area contributed by atoms with Gasteiger partial charge in [0.25, 0.3) is 5.91 Å². The maximum Gasteiger partial charge on any atom is 0.335 e. The number of amides is 1. The maximum absolute atomic E-state index is 12.8. The van der Waals surface area contributed by atoms with Crippen molar-refractivity contribution in [1.29, 1.82) is 0 Å². The third kappa shape index (κ3) is 3.99. The number of nitrogens with one attached hydrogen (secondary N) is 1. The number of piperidine rings is 1. The van der Waals surface area contributed by atoms with Crippen LogP contribution in [0.1, 0.15) is 52.0 Å². The molecule has 2 aromatic rings. The number of aromatic carboxylic acids is 1. The van der Waals surface area contributed by atoms with E-state index in [0.717, 1.165) is 24.9 Å². The van der Waals surface area contributed by atoms with Gasteiger partial charge in [0.15, 0.2) is 0 Å². The van der Waals surface area contributed by atoms with E-state index in [-0.39, 0.29) is 17.4 Å². The van der Waals surface area contributed by atoms with Crippen molar-refractivity contribution < 1.29 is 14.7 Å². The summed E-state index contributed by atoms with van der Waals surface area (Å²) in [6.07, 6.45) is 4.90. The molecule has 1 amide bonds. The topological polar surface area (TPSA) is 95.4 Å². The monoisotopic (exact) mass is 354 g/mol. The van der Waals surface area contributed by atoms with Crippen molar-refractivity contribution in [3.05, 3.63) is 53.3 Å². The molecule has 1 aliphatic rings. The van der Waals surface area contributed by atoms with Gasteiger partial charge in [0.05, 0.1) is 11.1 Å². The van der Waals surface area contributed by atoms with E-state index in [1.54, 1.807) is 35.5 Å². The highest BCUT2D eigenvalue weighted by Crippen LogP contribution is 2.28. The van der Waals surface area contributed by atoms with Gasteiger partial charge in [-0.1, -0.05) is 12.1 Å².